The lowest BCUT2D eigenvalue weighted by Crippen LogP contribution is -2.06. The first-order valence-electron chi connectivity index (χ1n) is 8.88. The Bertz CT molecular complexity index is 1050. The Kier molecular flexibility index (Phi) is 6.47. The number of esters is 2. The van der Waals surface area contributed by atoms with Crippen molar-refractivity contribution in [2.75, 3.05) is 14.2 Å². The van der Waals surface area contributed by atoms with Crippen molar-refractivity contribution in [3.05, 3.63) is 94.5 Å². The fourth-order valence-corrected chi connectivity index (χ4v) is 3.28. The molecule has 0 bridgehead atoms. The van der Waals surface area contributed by atoms with Gasteiger partial charge < -0.3 is 9.47 Å². The smallest absolute Gasteiger partial charge is 0.338 e. The summed E-state index contributed by atoms with van der Waals surface area (Å²) in [6.07, 6.45) is 1.75. The van der Waals surface area contributed by atoms with Crippen molar-refractivity contribution in [2.45, 2.75) is 0 Å². The van der Waals surface area contributed by atoms with Crippen molar-refractivity contribution in [3.63, 3.8) is 0 Å². The molecule has 3 aromatic carbocycles. The lowest BCUT2D eigenvalue weighted by atomic mass is 9.92. The van der Waals surface area contributed by atoms with E-state index >= 15 is 0 Å². The van der Waals surface area contributed by atoms with Gasteiger partial charge in [0, 0.05) is 10.6 Å². The first-order valence-corrected chi connectivity index (χ1v) is 9.25. The monoisotopic (exact) mass is 406 g/mol. The van der Waals surface area contributed by atoms with Crippen LogP contribution in [0.2, 0.25) is 5.02 Å². The van der Waals surface area contributed by atoms with E-state index in [0.717, 1.165) is 16.7 Å². The minimum Gasteiger partial charge on any atom is -0.465 e. The normalized spacial score (nSPS) is 11.1. The predicted molar refractivity (Wildman–Crippen MR) is 115 cm³/mol. The van der Waals surface area contributed by atoms with Gasteiger partial charge in [0.25, 0.3) is 0 Å². The van der Waals surface area contributed by atoms with Gasteiger partial charge in [0.1, 0.15) is 0 Å². The van der Waals surface area contributed by atoms with Crippen molar-refractivity contribution in [1.29, 1.82) is 0 Å². The van der Waals surface area contributed by atoms with Gasteiger partial charge in [-0.25, -0.2) is 9.59 Å². The molecule has 0 fully saturated rings. The van der Waals surface area contributed by atoms with Gasteiger partial charge in [-0.3, -0.25) is 0 Å². The van der Waals surface area contributed by atoms with Crippen LogP contribution in [-0.4, -0.2) is 26.2 Å². The molecule has 0 aliphatic heterocycles. The summed E-state index contributed by atoms with van der Waals surface area (Å²) in [5.41, 5.74) is 3.75. The Labute approximate surface area is 174 Å². The maximum Gasteiger partial charge on any atom is 0.338 e. The molecular weight excluding hydrogens is 388 g/mol. The van der Waals surface area contributed by atoms with Gasteiger partial charge >= 0.3 is 11.9 Å². The van der Waals surface area contributed by atoms with Crippen LogP contribution in [0.15, 0.2) is 72.8 Å². The van der Waals surface area contributed by atoms with Gasteiger partial charge in [0.2, 0.25) is 0 Å². The fraction of sp³-hybridized carbons (Fsp3) is 0.0833. The van der Waals surface area contributed by atoms with Gasteiger partial charge in [-0.15, -0.1) is 0 Å². The number of carbonyl (C=O) groups excluding carboxylic acids is 2. The fourth-order valence-electron chi connectivity index (χ4n) is 3.00. The van der Waals surface area contributed by atoms with Crippen LogP contribution < -0.4 is 0 Å². The van der Waals surface area contributed by atoms with Crippen LogP contribution in [0, 0.1) is 0 Å². The summed E-state index contributed by atoms with van der Waals surface area (Å²) in [4.78, 5) is 24.3. The molecule has 0 aliphatic rings. The highest BCUT2D eigenvalue weighted by Crippen LogP contribution is 2.36. The molecule has 0 heterocycles. The second-order valence-electron chi connectivity index (χ2n) is 6.19. The SMILES string of the molecule is COC(=O)/C(=C/c1ccccc1)c1c(Cl)cccc1-c1ccc(C(=O)OC)cc1. The van der Waals surface area contributed by atoms with Crippen molar-refractivity contribution < 1.29 is 19.1 Å². The van der Waals surface area contributed by atoms with E-state index in [2.05, 4.69) is 0 Å². The van der Waals surface area contributed by atoms with Crippen LogP contribution in [0.3, 0.4) is 0 Å². The summed E-state index contributed by atoms with van der Waals surface area (Å²) >= 11 is 6.52. The highest BCUT2D eigenvalue weighted by molar-refractivity contribution is 6.36. The topological polar surface area (TPSA) is 52.6 Å². The molecule has 0 N–H and O–H groups in total. The highest BCUT2D eigenvalue weighted by Gasteiger charge is 2.20. The average molecular weight is 407 g/mol. The zero-order valence-electron chi connectivity index (χ0n) is 16.0. The van der Waals surface area contributed by atoms with E-state index in [9.17, 15) is 9.59 Å². The molecule has 0 aromatic heterocycles. The van der Waals surface area contributed by atoms with E-state index in [1.165, 1.54) is 14.2 Å². The zero-order chi connectivity index (χ0) is 20.8. The van der Waals surface area contributed by atoms with Crippen molar-refractivity contribution >= 4 is 35.2 Å². The number of ether oxygens (including phenoxy) is 2. The third kappa shape index (κ3) is 4.55. The number of carbonyl (C=O) groups is 2. The van der Waals surface area contributed by atoms with Gasteiger partial charge in [-0.1, -0.05) is 66.2 Å². The molecule has 0 spiro atoms. The van der Waals surface area contributed by atoms with Gasteiger partial charge in [-0.2, -0.15) is 0 Å². The lowest BCUT2D eigenvalue weighted by Gasteiger charge is -2.14. The number of rotatable bonds is 5. The zero-order valence-corrected chi connectivity index (χ0v) is 16.8. The molecule has 0 unspecified atom stereocenters. The van der Waals surface area contributed by atoms with Crippen molar-refractivity contribution in [1.82, 2.24) is 0 Å². The van der Waals surface area contributed by atoms with E-state index in [-0.39, 0.29) is 0 Å². The molecule has 4 nitrogen and oxygen atoms in total. The molecular formula is C24H19ClO4. The van der Waals surface area contributed by atoms with E-state index in [0.29, 0.717) is 21.7 Å². The Hall–Kier alpha value is -3.37. The number of methoxy groups -OCH3 is 2. The quantitative estimate of drug-likeness (QED) is 0.318. The molecule has 0 saturated heterocycles. The molecule has 0 atom stereocenters. The number of hydrogen-bond acceptors (Lipinski definition) is 4. The molecule has 0 amide bonds. The largest absolute Gasteiger partial charge is 0.465 e. The second kappa shape index (κ2) is 9.22. The van der Waals surface area contributed by atoms with Crippen LogP contribution in [0.5, 0.6) is 0 Å². The van der Waals surface area contributed by atoms with Crippen LogP contribution in [0.25, 0.3) is 22.8 Å². The Morgan fingerprint density at radius 2 is 1.52 bits per heavy atom. The number of hydrogen-bond donors (Lipinski definition) is 0. The first kappa shape index (κ1) is 20.4. The summed E-state index contributed by atoms with van der Waals surface area (Å²) in [6.45, 7) is 0. The van der Waals surface area contributed by atoms with Crippen molar-refractivity contribution in [3.8, 4) is 11.1 Å². The highest BCUT2D eigenvalue weighted by atomic mass is 35.5. The average Bonchev–Trinajstić information content (AvgIpc) is 2.77. The summed E-state index contributed by atoms with van der Waals surface area (Å²) in [5, 5.41) is 0.423. The molecule has 0 saturated carbocycles. The van der Waals surface area contributed by atoms with E-state index in [4.69, 9.17) is 21.1 Å². The second-order valence-corrected chi connectivity index (χ2v) is 6.60. The minimum atomic E-state index is -0.491. The van der Waals surface area contributed by atoms with Gasteiger partial charge in [0.15, 0.2) is 0 Å². The minimum absolute atomic E-state index is 0.344. The van der Waals surface area contributed by atoms with Crippen LogP contribution in [0.4, 0.5) is 0 Å². The van der Waals surface area contributed by atoms with E-state index < -0.39 is 11.9 Å². The number of benzene rings is 3. The number of halogens is 1. The molecule has 0 aliphatic carbocycles. The third-order valence-corrected chi connectivity index (χ3v) is 4.73. The van der Waals surface area contributed by atoms with E-state index in [1.807, 2.05) is 42.5 Å². The van der Waals surface area contributed by atoms with Gasteiger partial charge in [0.05, 0.1) is 25.4 Å². The first-order chi connectivity index (χ1) is 14.0. The molecule has 29 heavy (non-hydrogen) atoms. The summed E-state index contributed by atoms with van der Waals surface area (Å²) in [5.74, 6) is -0.906. The predicted octanol–water partition coefficient (Wildman–Crippen LogP) is 5.51. The summed E-state index contributed by atoms with van der Waals surface area (Å²) in [7, 11) is 2.67. The Morgan fingerprint density at radius 1 is 0.828 bits per heavy atom. The maximum absolute atomic E-state index is 12.6. The standard InChI is InChI=1S/C24H19ClO4/c1-28-23(26)18-13-11-17(12-14-18)19-9-6-10-21(25)22(19)20(24(27)29-2)15-16-7-4-3-5-8-16/h3-15H,1-2H3/b20-15+. The lowest BCUT2D eigenvalue weighted by molar-refractivity contribution is -0.133. The van der Waals surface area contributed by atoms with Crippen molar-refractivity contribution in [2.24, 2.45) is 0 Å². The molecule has 5 heteroatoms. The van der Waals surface area contributed by atoms with Gasteiger partial charge in [-0.05, 0) is 41.0 Å². The molecule has 146 valence electrons. The molecule has 3 aromatic rings. The third-order valence-electron chi connectivity index (χ3n) is 4.42. The van der Waals surface area contributed by atoms with Crippen LogP contribution in [0.1, 0.15) is 21.5 Å². The van der Waals surface area contributed by atoms with E-state index in [1.54, 1.807) is 36.4 Å². The van der Waals surface area contributed by atoms with Crippen LogP contribution >= 0.6 is 11.6 Å². The summed E-state index contributed by atoms with van der Waals surface area (Å²) < 4.78 is 9.77. The Balaban J connectivity index is 2.17. The molecule has 0 radical (unpaired) electrons. The maximum atomic E-state index is 12.6. The summed E-state index contributed by atoms with van der Waals surface area (Å²) in [6, 6.07) is 21.8. The van der Waals surface area contributed by atoms with Crippen LogP contribution in [-0.2, 0) is 14.3 Å². The Morgan fingerprint density at radius 3 is 2.14 bits per heavy atom. The molecule has 3 rings (SSSR count).